The quantitative estimate of drug-likeness (QED) is 0.480. The molecule has 38 heavy (non-hydrogen) atoms. The zero-order chi connectivity index (χ0) is 26.9. The first-order valence-corrected chi connectivity index (χ1v) is 13.1. The fourth-order valence-electron chi connectivity index (χ4n) is 5.57. The third-order valence-corrected chi connectivity index (χ3v) is 7.82. The third kappa shape index (κ3) is 5.19. The number of para-hydroxylation sites is 2. The minimum Gasteiger partial charge on any atom is -0.378 e. The molecule has 2 fully saturated rings. The molecule has 1 atom stereocenters. The maximum atomic E-state index is 14.1. The van der Waals surface area contributed by atoms with Crippen LogP contribution in [0.4, 0.5) is 14.7 Å². The van der Waals surface area contributed by atoms with Crippen LogP contribution in [0.25, 0.3) is 17.0 Å². The second-order valence-corrected chi connectivity index (χ2v) is 10.3. The number of fused-ring (bicyclic) bond motifs is 1. The van der Waals surface area contributed by atoms with Gasteiger partial charge in [-0.2, -0.15) is 15.0 Å². The lowest BCUT2D eigenvalue weighted by molar-refractivity contribution is -0.127. The van der Waals surface area contributed by atoms with Gasteiger partial charge in [-0.25, -0.2) is 13.8 Å². The van der Waals surface area contributed by atoms with E-state index in [2.05, 4.69) is 20.3 Å². The van der Waals surface area contributed by atoms with Gasteiger partial charge in [0.1, 0.15) is 5.82 Å². The Morgan fingerprint density at radius 2 is 1.79 bits per heavy atom. The van der Waals surface area contributed by atoms with Gasteiger partial charge in [-0.3, -0.25) is 9.36 Å². The van der Waals surface area contributed by atoms with Gasteiger partial charge in [0.2, 0.25) is 17.8 Å². The van der Waals surface area contributed by atoms with Crippen molar-refractivity contribution in [3.63, 3.8) is 0 Å². The lowest BCUT2D eigenvalue weighted by Crippen LogP contribution is -2.56. The van der Waals surface area contributed by atoms with E-state index in [4.69, 9.17) is 15.5 Å². The molecule has 1 unspecified atom stereocenters. The molecule has 0 spiro atoms. The molecule has 3 N–H and O–H groups in total. The van der Waals surface area contributed by atoms with Crippen molar-refractivity contribution in [2.75, 3.05) is 38.3 Å². The number of nitrogens with one attached hydrogen (secondary N) is 1. The lowest BCUT2D eigenvalue weighted by atomic mass is 9.71. The Bertz CT molecular complexity index is 1280. The van der Waals surface area contributed by atoms with Crippen LogP contribution in [0.2, 0.25) is 0 Å². The Balaban J connectivity index is 1.46. The summed E-state index contributed by atoms with van der Waals surface area (Å²) >= 11 is 0. The summed E-state index contributed by atoms with van der Waals surface area (Å²) in [6.45, 7) is 4.09. The lowest BCUT2D eigenvalue weighted by Gasteiger charge is -2.37. The van der Waals surface area contributed by atoms with Crippen molar-refractivity contribution in [3.05, 3.63) is 35.9 Å². The van der Waals surface area contributed by atoms with Gasteiger partial charge in [0.25, 0.3) is 6.43 Å². The van der Waals surface area contributed by atoms with Crippen molar-refractivity contribution < 1.29 is 18.3 Å². The number of nitrogens with zero attached hydrogens (tertiary/aromatic N) is 6. The Kier molecular flexibility index (Phi) is 7.53. The molecule has 1 saturated carbocycles. The molecule has 1 aromatic carbocycles. The molecule has 1 amide bonds. The highest BCUT2D eigenvalue weighted by atomic mass is 19.3. The van der Waals surface area contributed by atoms with Crippen LogP contribution in [0, 0.1) is 11.8 Å². The summed E-state index contributed by atoms with van der Waals surface area (Å²) < 4.78 is 35.0. The standard InChI is InChI=1S/C26H34F2N8O2/c1-26(29,23(37)30-2)17-9-7-16(8-10-17)15-20-32-24(35-11-13-38-14-12-35)34-25(33-20)36-19-6-4-3-5-18(19)31-22(36)21(27)28/h3-6,16-17,21H,7-15,29H2,1-2H3,(H,30,37). The summed E-state index contributed by atoms with van der Waals surface area (Å²) in [6.07, 6.45) is 1.17. The highest BCUT2D eigenvalue weighted by molar-refractivity contribution is 5.85. The Labute approximate surface area is 220 Å². The maximum absolute atomic E-state index is 14.1. The number of hydrogen-bond acceptors (Lipinski definition) is 8. The van der Waals surface area contributed by atoms with E-state index >= 15 is 0 Å². The molecule has 0 radical (unpaired) electrons. The molecule has 3 aromatic rings. The Hall–Kier alpha value is -3.25. The van der Waals surface area contributed by atoms with E-state index in [1.165, 1.54) is 4.57 Å². The van der Waals surface area contributed by atoms with Crippen LogP contribution in [0.1, 0.15) is 50.7 Å². The van der Waals surface area contributed by atoms with Crippen LogP contribution in [-0.4, -0.2) is 69.3 Å². The summed E-state index contributed by atoms with van der Waals surface area (Å²) in [4.78, 5) is 32.5. The largest absolute Gasteiger partial charge is 0.378 e. The number of morpholine rings is 1. The molecule has 2 aromatic heterocycles. The van der Waals surface area contributed by atoms with Gasteiger partial charge < -0.3 is 20.7 Å². The number of likely N-dealkylation sites (N-methyl/N-ethyl adjacent to an activating group) is 1. The van der Waals surface area contributed by atoms with E-state index in [0.717, 1.165) is 25.7 Å². The first-order chi connectivity index (χ1) is 18.3. The van der Waals surface area contributed by atoms with E-state index in [1.807, 2.05) is 4.90 Å². The van der Waals surface area contributed by atoms with E-state index in [-0.39, 0.29) is 23.7 Å². The molecular formula is C26H34F2N8O2. The van der Waals surface area contributed by atoms with Crippen molar-refractivity contribution >= 4 is 22.9 Å². The third-order valence-electron chi connectivity index (χ3n) is 7.82. The van der Waals surface area contributed by atoms with Crippen LogP contribution in [-0.2, 0) is 16.0 Å². The fourth-order valence-corrected chi connectivity index (χ4v) is 5.57. The average Bonchev–Trinajstić information content (AvgIpc) is 3.33. The highest BCUT2D eigenvalue weighted by Gasteiger charge is 2.39. The first-order valence-electron chi connectivity index (χ1n) is 13.1. The maximum Gasteiger partial charge on any atom is 0.296 e. The number of carbonyl (C=O) groups excluding carboxylic acids is 1. The summed E-state index contributed by atoms with van der Waals surface area (Å²) in [6, 6.07) is 6.98. The number of alkyl halides is 2. The molecule has 1 aliphatic heterocycles. The first kappa shape index (κ1) is 26.4. The van der Waals surface area contributed by atoms with Gasteiger partial charge in [-0.15, -0.1) is 0 Å². The number of benzene rings is 1. The van der Waals surface area contributed by atoms with Crippen molar-refractivity contribution in [2.45, 2.75) is 51.0 Å². The van der Waals surface area contributed by atoms with Gasteiger partial charge in [-0.1, -0.05) is 12.1 Å². The van der Waals surface area contributed by atoms with Gasteiger partial charge >= 0.3 is 0 Å². The number of hydrogen-bond donors (Lipinski definition) is 2. The monoisotopic (exact) mass is 528 g/mol. The molecule has 12 heteroatoms. The van der Waals surface area contributed by atoms with E-state index < -0.39 is 17.8 Å². The van der Waals surface area contributed by atoms with Gasteiger partial charge in [0.15, 0.2) is 5.82 Å². The number of halogens is 2. The summed E-state index contributed by atoms with van der Waals surface area (Å²) in [5, 5.41) is 2.67. The highest BCUT2D eigenvalue weighted by Crippen LogP contribution is 2.36. The van der Waals surface area contributed by atoms with E-state index in [0.29, 0.717) is 55.5 Å². The van der Waals surface area contributed by atoms with Crippen LogP contribution in [0.5, 0.6) is 0 Å². The van der Waals surface area contributed by atoms with Crippen LogP contribution >= 0.6 is 0 Å². The Morgan fingerprint density at radius 3 is 2.47 bits per heavy atom. The van der Waals surface area contributed by atoms with Gasteiger partial charge in [0.05, 0.1) is 29.8 Å². The van der Waals surface area contributed by atoms with Crippen molar-refractivity contribution in [2.24, 2.45) is 17.6 Å². The number of anilines is 1. The SMILES string of the molecule is CNC(=O)C(C)(N)C1CCC(Cc2nc(N3CCOCC3)nc(-n3c(C(F)F)nc4ccccc43)n2)CC1. The molecule has 5 rings (SSSR count). The van der Waals surface area contributed by atoms with Crippen LogP contribution in [0.15, 0.2) is 24.3 Å². The molecule has 2 aliphatic rings. The zero-order valence-electron chi connectivity index (χ0n) is 21.7. The molecule has 1 aliphatic carbocycles. The summed E-state index contributed by atoms with van der Waals surface area (Å²) in [7, 11) is 1.60. The van der Waals surface area contributed by atoms with Crippen molar-refractivity contribution in [3.8, 4) is 5.95 Å². The number of imidazole rings is 1. The van der Waals surface area contributed by atoms with E-state index in [1.54, 1.807) is 38.2 Å². The number of aromatic nitrogens is 5. The number of rotatable bonds is 7. The molecule has 3 heterocycles. The molecule has 1 saturated heterocycles. The number of ether oxygens (including phenoxy) is 1. The number of amides is 1. The minimum atomic E-state index is -2.80. The summed E-state index contributed by atoms with van der Waals surface area (Å²) in [5.41, 5.74) is 6.43. The molecular weight excluding hydrogens is 494 g/mol. The molecule has 0 bridgehead atoms. The zero-order valence-corrected chi connectivity index (χ0v) is 21.7. The predicted octanol–water partition coefficient (Wildman–Crippen LogP) is 2.80. The van der Waals surface area contributed by atoms with Crippen LogP contribution < -0.4 is 16.0 Å². The Morgan fingerprint density at radius 1 is 1.11 bits per heavy atom. The van der Waals surface area contributed by atoms with Crippen molar-refractivity contribution in [1.82, 2.24) is 29.8 Å². The van der Waals surface area contributed by atoms with Crippen LogP contribution in [0.3, 0.4) is 0 Å². The smallest absolute Gasteiger partial charge is 0.296 e. The average molecular weight is 529 g/mol. The number of nitrogens with two attached hydrogens (primary N) is 1. The van der Waals surface area contributed by atoms with Gasteiger partial charge in [0, 0.05) is 26.6 Å². The molecule has 10 nitrogen and oxygen atoms in total. The van der Waals surface area contributed by atoms with E-state index in [9.17, 15) is 13.6 Å². The van der Waals surface area contributed by atoms with Crippen molar-refractivity contribution in [1.29, 1.82) is 0 Å². The molecule has 204 valence electrons. The number of carbonyl (C=O) groups is 1. The van der Waals surface area contributed by atoms with Gasteiger partial charge in [-0.05, 0) is 56.6 Å². The fraction of sp³-hybridized carbons (Fsp3) is 0.577. The second kappa shape index (κ2) is 10.9. The summed E-state index contributed by atoms with van der Waals surface area (Å²) in [5.74, 6) is 0.974. The minimum absolute atomic E-state index is 0.0856. The normalized spacial score (nSPS) is 22.0. The predicted molar refractivity (Wildman–Crippen MR) is 138 cm³/mol. The topological polar surface area (TPSA) is 124 Å². The second-order valence-electron chi connectivity index (χ2n) is 10.3.